The number of carbonyl (C=O) groups is 1. The van der Waals surface area contributed by atoms with Crippen molar-refractivity contribution < 1.29 is 4.79 Å². The average molecular weight is 280 g/mol. The molecule has 1 aliphatic carbocycles. The molecule has 0 heterocycles. The summed E-state index contributed by atoms with van der Waals surface area (Å²) in [4.78, 5) is 14.9. The molecule has 0 aliphatic heterocycles. The van der Waals surface area contributed by atoms with Gasteiger partial charge in [0, 0.05) is 23.8 Å². The minimum absolute atomic E-state index is 0.0890. The van der Waals surface area contributed by atoms with Gasteiger partial charge in [0.15, 0.2) is 0 Å². The second-order valence-electron chi connectivity index (χ2n) is 5.67. The molecule has 0 saturated heterocycles. The summed E-state index contributed by atoms with van der Waals surface area (Å²) < 4.78 is 0. The van der Waals surface area contributed by atoms with E-state index in [-0.39, 0.29) is 5.91 Å². The van der Waals surface area contributed by atoms with Crippen LogP contribution in [-0.4, -0.2) is 16.8 Å². The largest absolute Gasteiger partial charge is 0.398 e. The molecular formula is C18H20N2O. The van der Waals surface area contributed by atoms with E-state index in [4.69, 9.17) is 5.73 Å². The monoisotopic (exact) mass is 280 g/mol. The molecule has 1 saturated carbocycles. The first-order valence-electron chi connectivity index (χ1n) is 7.37. The molecule has 0 bridgehead atoms. The first-order chi connectivity index (χ1) is 10.2. The molecule has 1 amide bonds. The van der Waals surface area contributed by atoms with E-state index in [2.05, 4.69) is 12.1 Å². The van der Waals surface area contributed by atoms with Gasteiger partial charge in [-0.15, -0.1) is 0 Å². The van der Waals surface area contributed by atoms with Crippen molar-refractivity contribution in [2.75, 3.05) is 5.73 Å². The minimum Gasteiger partial charge on any atom is -0.398 e. The molecular weight excluding hydrogens is 260 g/mol. The van der Waals surface area contributed by atoms with Gasteiger partial charge in [0.25, 0.3) is 5.91 Å². The fraction of sp³-hybridized carbons (Fsp3) is 0.278. The number of carbonyl (C=O) groups excluding carboxylic acids is 1. The molecule has 2 aromatic rings. The van der Waals surface area contributed by atoms with Gasteiger partial charge in [-0.25, -0.2) is 0 Å². The lowest BCUT2D eigenvalue weighted by Crippen LogP contribution is -2.33. The summed E-state index contributed by atoms with van der Waals surface area (Å²) in [7, 11) is 0. The highest BCUT2D eigenvalue weighted by Gasteiger charge is 2.33. The highest BCUT2D eigenvalue weighted by Crippen LogP contribution is 2.31. The zero-order chi connectivity index (χ0) is 14.8. The van der Waals surface area contributed by atoms with Gasteiger partial charge in [-0.2, -0.15) is 0 Å². The second-order valence-corrected chi connectivity index (χ2v) is 5.67. The van der Waals surface area contributed by atoms with E-state index in [1.165, 1.54) is 5.56 Å². The summed E-state index contributed by atoms with van der Waals surface area (Å²) in [5.74, 6) is 0.0890. The maximum absolute atomic E-state index is 12.9. The smallest absolute Gasteiger partial charge is 0.254 e. The van der Waals surface area contributed by atoms with E-state index in [1.54, 1.807) is 0 Å². The Labute approximate surface area is 125 Å². The lowest BCUT2D eigenvalue weighted by atomic mass is 10.1. The number of anilines is 1. The Morgan fingerprint density at radius 1 is 1.14 bits per heavy atom. The van der Waals surface area contributed by atoms with Crippen LogP contribution in [0.5, 0.6) is 0 Å². The summed E-state index contributed by atoms with van der Waals surface area (Å²) in [5.41, 5.74) is 9.37. The summed E-state index contributed by atoms with van der Waals surface area (Å²) in [6.07, 6.45) is 2.19. The number of nitrogen functional groups attached to an aromatic ring is 1. The van der Waals surface area contributed by atoms with Crippen LogP contribution < -0.4 is 5.73 Å². The summed E-state index contributed by atoms with van der Waals surface area (Å²) in [6, 6.07) is 16.1. The number of nitrogens with two attached hydrogens (primary N) is 1. The number of hydrogen-bond acceptors (Lipinski definition) is 2. The zero-order valence-electron chi connectivity index (χ0n) is 12.3. The first-order valence-corrected chi connectivity index (χ1v) is 7.37. The van der Waals surface area contributed by atoms with Crippen molar-refractivity contribution >= 4 is 11.6 Å². The van der Waals surface area contributed by atoms with E-state index in [0.717, 1.165) is 24.0 Å². The molecule has 0 spiro atoms. The fourth-order valence-electron chi connectivity index (χ4n) is 2.57. The van der Waals surface area contributed by atoms with Crippen molar-refractivity contribution in [2.45, 2.75) is 32.4 Å². The highest BCUT2D eigenvalue weighted by molar-refractivity contribution is 5.97. The third kappa shape index (κ3) is 2.92. The van der Waals surface area contributed by atoms with Gasteiger partial charge in [-0.05, 0) is 43.0 Å². The molecule has 2 N–H and O–H groups in total. The molecule has 0 atom stereocenters. The van der Waals surface area contributed by atoms with E-state index < -0.39 is 0 Å². The molecule has 1 fully saturated rings. The molecule has 0 unspecified atom stereocenters. The van der Waals surface area contributed by atoms with Crippen LogP contribution in [0.15, 0.2) is 48.5 Å². The Bertz CT molecular complexity index is 648. The molecule has 3 rings (SSSR count). The Morgan fingerprint density at radius 3 is 2.52 bits per heavy atom. The average Bonchev–Trinajstić information content (AvgIpc) is 3.33. The predicted octanol–water partition coefficient (Wildman–Crippen LogP) is 3.38. The maximum Gasteiger partial charge on any atom is 0.254 e. The number of hydrogen-bond donors (Lipinski definition) is 1. The third-order valence-corrected chi connectivity index (χ3v) is 4.05. The van der Waals surface area contributed by atoms with Crippen molar-refractivity contribution in [3.8, 4) is 0 Å². The van der Waals surface area contributed by atoms with Crippen LogP contribution in [0.2, 0.25) is 0 Å². The highest BCUT2D eigenvalue weighted by atomic mass is 16.2. The number of benzene rings is 2. The second kappa shape index (κ2) is 5.60. The van der Waals surface area contributed by atoms with Gasteiger partial charge in [0.1, 0.15) is 0 Å². The molecule has 2 aromatic carbocycles. The number of rotatable bonds is 4. The van der Waals surface area contributed by atoms with Crippen LogP contribution in [0, 0.1) is 6.92 Å². The quantitative estimate of drug-likeness (QED) is 0.873. The Kier molecular flexibility index (Phi) is 3.65. The van der Waals surface area contributed by atoms with Crippen molar-refractivity contribution in [1.82, 2.24) is 4.90 Å². The van der Waals surface area contributed by atoms with Crippen LogP contribution in [0.3, 0.4) is 0 Å². The lowest BCUT2D eigenvalue weighted by molar-refractivity contribution is 0.0729. The maximum atomic E-state index is 12.9. The molecule has 0 radical (unpaired) electrons. The Balaban J connectivity index is 1.87. The molecule has 3 nitrogen and oxygen atoms in total. The molecule has 3 heteroatoms. The fourth-order valence-corrected chi connectivity index (χ4v) is 2.57. The summed E-state index contributed by atoms with van der Waals surface area (Å²) in [5, 5.41) is 0. The molecule has 1 aliphatic rings. The van der Waals surface area contributed by atoms with Gasteiger partial charge in [-0.3, -0.25) is 4.79 Å². The normalized spacial score (nSPS) is 14.0. The SMILES string of the molecule is Cc1c(N)cccc1C(=O)N(Cc1ccccc1)C1CC1. The van der Waals surface area contributed by atoms with Gasteiger partial charge in [0.05, 0.1) is 0 Å². The number of amides is 1. The predicted molar refractivity (Wildman–Crippen MR) is 84.9 cm³/mol. The van der Waals surface area contributed by atoms with Crippen molar-refractivity contribution in [3.05, 3.63) is 65.2 Å². The van der Waals surface area contributed by atoms with E-state index in [9.17, 15) is 4.79 Å². The van der Waals surface area contributed by atoms with Crippen LogP contribution in [0.25, 0.3) is 0 Å². The van der Waals surface area contributed by atoms with Crippen LogP contribution in [0.4, 0.5) is 5.69 Å². The molecule has 108 valence electrons. The van der Waals surface area contributed by atoms with Crippen molar-refractivity contribution in [2.24, 2.45) is 0 Å². The zero-order valence-corrected chi connectivity index (χ0v) is 12.3. The minimum atomic E-state index is 0.0890. The lowest BCUT2D eigenvalue weighted by Gasteiger charge is -2.24. The van der Waals surface area contributed by atoms with E-state index in [0.29, 0.717) is 18.3 Å². The van der Waals surface area contributed by atoms with Crippen LogP contribution in [0.1, 0.15) is 34.3 Å². The van der Waals surface area contributed by atoms with E-state index in [1.807, 2.05) is 48.2 Å². The van der Waals surface area contributed by atoms with E-state index >= 15 is 0 Å². The standard InChI is InChI=1S/C18H20N2O/c1-13-16(8-5-9-17(13)19)18(21)20(15-10-11-15)12-14-6-3-2-4-7-14/h2-9,15H,10-12,19H2,1H3. The van der Waals surface area contributed by atoms with Crippen molar-refractivity contribution in [3.63, 3.8) is 0 Å². The molecule has 0 aromatic heterocycles. The topological polar surface area (TPSA) is 46.3 Å². The van der Waals surface area contributed by atoms with Crippen molar-refractivity contribution in [1.29, 1.82) is 0 Å². The van der Waals surface area contributed by atoms with Gasteiger partial charge >= 0.3 is 0 Å². The van der Waals surface area contributed by atoms with Crippen LogP contribution in [-0.2, 0) is 6.54 Å². The van der Waals surface area contributed by atoms with Gasteiger partial charge < -0.3 is 10.6 Å². The number of nitrogens with zero attached hydrogens (tertiary/aromatic N) is 1. The Hall–Kier alpha value is -2.29. The molecule has 21 heavy (non-hydrogen) atoms. The summed E-state index contributed by atoms with van der Waals surface area (Å²) in [6.45, 7) is 2.58. The van der Waals surface area contributed by atoms with Crippen LogP contribution >= 0.6 is 0 Å². The van der Waals surface area contributed by atoms with Gasteiger partial charge in [0.2, 0.25) is 0 Å². The first kappa shape index (κ1) is 13.7. The summed E-state index contributed by atoms with van der Waals surface area (Å²) >= 11 is 0. The third-order valence-electron chi connectivity index (χ3n) is 4.05. The van der Waals surface area contributed by atoms with Gasteiger partial charge in [-0.1, -0.05) is 36.4 Å². The Morgan fingerprint density at radius 2 is 1.86 bits per heavy atom.